The number of halogens is 1. The van der Waals surface area contributed by atoms with Gasteiger partial charge in [0, 0.05) is 12.2 Å². The Kier molecular flexibility index (Phi) is 4.38. The van der Waals surface area contributed by atoms with E-state index in [0.717, 1.165) is 12.8 Å². The fourth-order valence-electron chi connectivity index (χ4n) is 2.18. The molecule has 1 aliphatic rings. The molecule has 1 heterocycles. The van der Waals surface area contributed by atoms with E-state index in [4.69, 9.17) is 11.6 Å². The summed E-state index contributed by atoms with van der Waals surface area (Å²) in [5.41, 5.74) is 0.437. The van der Waals surface area contributed by atoms with Crippen LogP contribution in [-0.4, -0.2) is 27.6 Å². The maximum absolute atomic E-state index is 12.3. The van der Waals surface area contributed by atoms with Crippen molar-refractivity contribution in [3.63, 3.8) is 0 Å². The minimum atomic E-state index is -1.01. The first-order chi connectivity index (χ1) is 9.43. The van der Waals surface area contributed by atoms with E-state index in [-0.39, 0.29) is 11.8 Å². The monoisotopic (exact) mass is 298 g/mol. The van der Waals surface area contributed by atoms with Crippen LogP contribution in [0, 0.1) is 5.92 Å². The number of aromatic nitrogens is 1. The van der Waals surface area contributed by atoms with Crippen LogP contribution in [0.4, 0.5) is 0 Å². The molecule has 0 aliphatic heterocycles. The Morgan fingerprint density at radius 2 is 2.20 bits per heavy atom. The first-order valence-electron chi connectivity index (χ1n) is 6.85. The standard InChI is InChI=1S/C14H19ClN2O3/c1-3-8(2)12(14(19)20)16-13(18)11-6-9(15)7-17(11)10-4-5-10/h6-8,10,12H,3-5H2,1-2H3,(H,16,18)(H,19,20)/t8-,12-/m0/s1. The summed E-state index contributed by atoms with van der Waals surface area (Å²) in [5.74, 6) is -1.52. The minimum Gasteiger partial charge on any atom is -0.480 e. The number of hydrogen-bond acceptors (Lipinski definition) is 2. The van der Waals surface area contributed by atoms with Gasteiger partial charge in [0.1, 0.15) is 11.7 Å². The molecule has 1 amide bonds. The highest BCUT2D eigenvalue weighted by Gasteiger charge is 2.30. The van der Waals surface area contributed by atoms with Crippen molar-refractivity contribution in [1.29, 1.82) is 0 Å². The summed E-state index contributed by atoms with van der Waals surface area (Å²) in [6, 6.07) is 1.02. The molecular formula is C14H19ClN2O3. The Labute approximate surface area is 122 Å². The van der Waals surface area contributed by atoms with Gasteiger partial charge in [-0.05, 0) is 24.8 Å². The second-order valence-corrected chi connectivity index (χ2v) is 5.79. The molecular weight excluding hydrogens is 280 g/mol. The molecule has 2 N–H and O–H groups in total. The molecule has 6 heteroatoms. The molecule has 1 aromatic heterocycles. The van der Waals surface area contributed by atoms with Crippen LogP contribution in [0.15, 0.2) is 12.3 Å². The number of nitrogens with one attached hydrogen (secondary N) is 1. The maximum Gasteiger partial charge on any atom is 0.326 e. The van der Waals surface area contributed by atoms with E-state index in [1.54, 1.807) is 12.3 Å². The van der Waals surface area contributed by atoms with Crippen LogP contribution in [0.5, 0.6) is 0 Å². The van der Waals surface area contributed by atoms with E-state index in [9.17, 15) is 14.7 Å². The number of carbonyl (C=O) groups excluding carboxylic acids is 1. The molecule has 1 aromatic rings. The number of aliphatic carboxylic acids is 1. The molecule has 5 nitrogen and oxygen atoms in total. The second-order valence-electron chi connectivity index (χ2n) is 5.36. The van der Waals surface area contributed by atoms with E-state index in [0.29, 0.717) is 23.2 Å². The van der Waals surface area contributed by atoms with Crippen LogP contribution >= 0.6 is 11.6 Å². The lowest BCUT2D eigenvalue weighted by atomic mass is 9.99. The first-order valence-corrected chi connectivity index (χ1v) is 7.22. The summed E-state index contributed by atoms with van der Waals surface area (Å²) in [6.07, 6.45) is 4.47. The van der Waals surface area contributed by atoms with Crippen molar-refractivity contribution in [2.45, 2.75) is 45.2 Å². The Hall–Kier alpha value is -1.49. The van der Waals surface area contributed by atoms with Crippen LogP contribution in [0.2, 0.25) is 5.02 Å². The molecule has 0 radical (unpaired) electrons. The Morgan fingerprint density at radius 3 is 2.70 bits per heavy atom. The molecule has 0 aromatic carbocycles. The average Bonchev–Trinajstić information content (AvgIpc) is 3.17. The maximum atomic E-state index is 12.3. The normalized spacial score (nSPS) is 17.6. The number of carboxylic acid groups (broad SMARTS) is 1. The second kappa shape index (κ2) is 5.87. The molecule has 0 unspecified atom stereocenters. The molecule has 1 fully saturated rings. The Balaban J connectivity index is 2.16. The van der Waals surface area contributed by atoms with E-state index < -0.39 is 12.0 Å². The Bertz CT molecular complexity index is 522. The number of rotatable bonds is 6. The summed E-state index contributed by atoms with van der Waals surface area (Å²) in [4.78, 5) is 23.5. The highest BCUT2D eigenvalue weighted by Crippen LogP contribution is 2.37. The predicted octanol–water partition coefficient (Wildman–Crippen LogP) is 2.71. The van der Waals surface area contributed by atoms with Crippen LogP contribution in [-0.2, 0) is 4.79 Å². The van der Waals surface area contributed by atoms with Crippen molar-refractivity contribution < 1.29 is 14.7 Å². The summed E-state index contributed by atoms with van der Waals surface area (Å²) in [7, 11) is 0. The zero-order chi connectivity index (χ0) is 14.9. The van der Waals surface area contributed by atoms with Crippen molar-refractivity contribution in [3.05, 3.63) is 23.0 Å². The van der Waals surface area contributed by atoms with Gasteiger partial charge in [0.2, 0.25) is 0 Å². The lowest BCUT2D eigenvalue weighted by molar-refractivity contribution is -0.140. The van der Waals surface area contributed by atoms with Crippen molar-refractivity contribution in [1.82, 2.24) is 9.88 Å². The Morgan fingerprint density at radius 1 is 1.55 bits per heavy atom. The van der Waals surface area contributed by atoms with E-state index in [1.165, 1.54) is 0 Å². The van der Waals surface area contributed by atoms with Crippen LogP contribution in [0.25, 0.3) is 0 Å². The van der Waals surface area contributed by atoms with Gasteiger partial charge < -0.3 is 15.0 Å². The number of carboxylic acids is 1. The van der Waals surface area contributed by atoms with Gasteiger partial charge in [-0.2, -0.15) is 0 Å². The summed E-state index contributed by atoms with van der Waals surface area (Å²) < 4.78 is 1.84. The topological polar surface area (TPSA) is 71.3 Å². The molecule has 0 saturated heterocycles. The lowest BCUT2D eigenvalue weighted by Crippen LogP contribution is -2.45. The van der Waals surface area contributed by atoms with Crippen molar-refractivity contribution in [3.8, 4) is 0 Å². The summed E-state index contributed by atoms with van der Waals surface area (Å²) >= 11 is 5.95. The summed E-state index contributed by atoms with van der Waals surface area (Å²) in [5, 5.41) is 12.3. The molecule has 20 heavy (non-hydrogen) atoms. The van der Waals surface area contributed by atoms with Gasteiger partial charge in [-0.15, -0.1) is 0 Å². The smallest absolute Gasteiger partial charge is 0.326 e. The number of amides is 1. The largest absolute Gasteiger partial charge is 0.480 e. The van der Waals surface area contributed by atoms with E-state index >= 15 is 0 Å². The van der Waals surface area contributed by atoms with Crippen molar-refractivity contribution in [2.75, 3.05) is 0 Å². The van der Waals surface area contributed by atoms with Crippen LogP contribution in [0.1, 0.15) is 49.6 Å². The van der Waals surface area contributed by atoms with Gasteiger partial charge in [0.05, 0.1) is 5.02 Å². The minimum absolute atomic E-state index is 0.128. The van der Waals surface area contributed by atoms with Crippen LogP contribution < -0.4 is 5.32 Å². The average molecular weight is 299 g/mol. The molecule has 110 valence electrons. The van der Waals surface area contributed by atoms with Crippen molar-refractivity contribution in [2.24, 2.45) is 5.92 Å². The third-order valence-electron chi connectivity index (χ3n) is 3.75. The number of hydrogen-bond donors (Lipinski definition) is 2. The van der Waals surface area contributed by atoms with Gasteiger partial charge in [-0.3, -0.25) is 4.79 Å². The van der Waals surface area contributed by atoms with Gasteiger partial charge in [-0.25, -0.2) is 4.79 Å². The first kappa shape index (κ1) is 14.9. The third kappa shape index (κ3) is 3.15. The molecule has 1 saturated carbocycles. The molecule has 2 atom stereocenters. The predicted molar refractivity (Wildman–Crippen MR) is 76.1 cm³/mol. The fourth-order valence-corrected chi connectivity index (χ4v) is 2.39. The number of nitrogens with zero attached hydrogens (tertiary/aromatic N) is 1. The third-order valence-corrected chi connectivity index (χ3v) is 3.96. The highest BCUT2D eigenvalue weighted by molar-refractivity contribution is 6.31. The number of carbonyl (C=O) groups is 2. The highest BCUT2D eigenvalue weighted by atomic mass is 35.5. The van der Waals surface area contributed by atoms with E-state index in [1.807, 2.05) is 18.4 Å². The fraction of sp³-hybridized carbons (Fsp3) is 0.571. The van der Waals surface area contributed by atoms with Gasteiger partial charge in [-0.1, -0.05) is 31.9 Å². The van der Waals surface area contributed by atoms with Crippen LogP contribution in [0.3, 0.4) is 0 Å². The molecule has 1 aliphatic carbocycles. The van der Waals surface area contributed by atoms with E-state index in [2.05, 4.69) is 5.32 Å². The van der Waals surface area contributed by atoms with Gasteiger partial charge in [0.25, 0.3) is 5.91 Å². The molecule has 0 spiro atoms. The van der Waals surface area contributed by atoms with Crippen molar-refractivity contribution >= 4 is 23.5 Å². The lowest BCUT2D eigenvalue weighted by Gasteiger charge is -2.20. The van der Waals surface area contributed by atoms with Gasteiger partial charge in [0.15, 0.2) is 0 Å². The molecule has 0 bridgehead atoms. The van der Waals surface area contributed by atoms with Gasteiger partial charge >= 0.3 is 5.97 Å². The quantitative estimate of drug-likeness (QED) is 0.848. The zero-order valence-corrected chi connectivity index (χ0v) is 12.4. The zero-order valence-electron chi connectivity index (χ0n) is 11.6. The summed E-state index contributed by atoms with van der Waals surface area (Å²) in [6.45, 7) is 3.71. The SMILES string of the molecule is CC[C@H](C)[C@H](NC(=O)c1cc(Cl)cn1C1CC1)C(=O)O. The molecule has 2 rings (SSSR count).